The Balaban J connectivity index is 1.71. The molecule has 9 heteroatoms. The molecule has 0 saturated heterocycles. The van der Waals surface area contributed by atoms with E-state index in [9.17, 15) is 10.1 Å². The van der Waals surface area contributed by atoms with E-state index in [2.05, 4.69) is 36.1 Å². The highest BCUT2D eigenvalue weighted by molar-refractivity contribution is 5.84. The fraction of sp³-hybridized carbons (Fsp3) is 0.273. The zero-order chi connectivity index (χ0) is 21.2. The zero-order valence-electron chi connectivity index (χ0n) is 16.7. The third kappa shape index (κ3) is 3.42. The van der Waals surface area contributed by atoms with Crippen LogP contribution in [0.4, 0.5) is 0 Å². The third-order valence-electron chi connectivity index (χ3n) is 5.84. The third-order valence-corrected chi connectivity index (χ3v) is 5.84. The molecule has 1 fully saturated rings. The summed E-state index contributed by atoms with van der Waals surface area (Å²) in [7, 11) is 0. The molecule has 154 valence electrons. The van der Waals surface area contributed by atoms with Crippen LogP contribution in [0.15, 0.2) is 42.9 Å². The molecule has 0 spiro atoms. The van der Waals surface area contributed by atoms with Gasteiger partial charge in [0.2, 0.25) is 6.41 Å². The van der Waals surface area contributed by atoms with Crippen LogP contribution in [0.25, 0.3) is 33.9 Å². The van der Waals surface area contributed by atoms with E-state index >= 15 is 0 Å². The Morgan fingerprint density at radius 1 is 1.26 bits per heavy atom. The number of nitriles is 1. The van der Waals surface area contributed by atoms with Crippen molar-refractivity contribution >= 4 is 17.4 Å². The maximum Gasteiger partial charge on any atom is 0.207 e. The first-order valence-electron chi connectivity index (χ1n) is 10.2. The predicted molar refractivity (Wildman–Crippen MR) is 114 cm³/mol. The number of carbonyl (C=O) groups excluding carboxylic acids is 1. The molecule has 1 aliphatic rings. The Hall–Kier alpha value is -4.06. The zero-order valence-corrected chi connectivity index (χ0v) is 16.7. The summed E-state index contributed by atoms with van der Waals surface area (Å²) in [5.41, 5.74) is 3.69. The minimum absolute atomic E-state index is 0.114. The lowest BCUT2D eigenvalue weighted by Crippen LogP contribution is -2.34. The number of hydrogen-bond donors (Lipinski definition) is 2. The van der Waals surface area contributed by atoms with E-state index in [0.29, 0.717) is 17.1 Å². The van der Waals surface area contributed by atoms with Crippen molar-refractivity contribution in [3.63, 3.8) is 0 Å². The van der Waals surface area contributed by atoms with E-state index in [1.165, 1.54) is 6.33 Å². The van der Waals surface area contributed by atoms with Gasteiger partial charge >= 0.3 is 0 Å². The number of carbonyl (C=O) groups is 1. The van der Waals surface area contributed by atoms with Crippen molar-refractivity contribution in [2.45, 2.75) is 37.8 Å². The van der Waals surface area contributed by atoms with Gasteiger partial charge in [-0.25, -0.2) is 9.97 Å². The average Bonchev–Trinajstić information content (AvgIpc) is 3.47. The minimum Gasteiger partial charge on any atom is -0.356 e. The maximum atomic E-state index is 11.0. The number of benzene rings is 1. The van der Waals surface area contributed by atoms with Crippen LogP contribution >= 0.6 is 0 Å². The fourth-order valence-corrected chi connectivity index (χ4v) is 4.44. The van der Waals surface area contributed by atoms with Crippen molar-refractivity contribution in [2.24, 2.45) is 0 Å². The standard InChI is InChI=1S/C22H20N8O/c23-10-14-4-1-2-7-17(14)22-28-19-11-24-18(21-25-12-27-29-21)9-20(19)30(22)16-6-3-5-15(8-16)26-13-31/h1-2,4,7,9,11-13,15-16H,3,5-6,8H2,(H,26,31)(H,25,27,29). The number of nitrogens with zero attached hydrogens (tertiary/aromatic N) is 6. The van der Waals surface area contributed by atoms with Gasteiger partial charge in [0.25, 0.3) is 0 Å². The number of aromatic nitrogens is 6. The smallest absolute Gasteiger partial charge is 0.207 e. The molecule has 2 atom stereocenters. The molecule has 0 aliphatic heterocycles. The summed E-state index contributed by atoms with van der Waals surface area (Å²) < 4.78 is 2.20. The SMILES string of the molecule is N#Cc1ccccc1-c1nc2cnc(-c3ncn[nH]3)cc2n1C1CCCC(NC=O)C1. The predicted octanol–water partition coefficient (Wildman–Crippen LogP) is 2.98. The van der Waals surface area contributed by atoms with Crippen LogP contribution in [0.5, 0.6) is 0 Å². The molecule has 1 aromatic carbocycles. The van der Waals surface area contributed by atoms with Gasteiger partial charge in [-0.05, 0) is 43.9 Å². The largest absolute Gasteiger partial charge is 0.356 e. The summed E-state index contributed by atoms with van der Waals surface area (Å²) in [5, 5.41) is 19.4. The Morgan fingerprint density at radius 2 is 2.16 bits per heavy atom. The number of imidazole rings is 1. The van der Waals surface area contributed by atoms with Crippen molar-refractivity contribution in [1.29, 1.82) is 5.26 Å². The van der Waals surface area contributed by atoms with Crippen molar-refractivity contribution in [3.8, 4) is 29.0 Å². The highest BCUT2D eigenvalue weighted by Gasteiger charge is 2.28. The van der Waals surface area contributed by atoms with Crippen molar-refractivity contribution in [1.82, 2.24) is 35.0 Å². The van der Waals surface area contributed by atoms with Crippen LogP contribution in [0.3, 0.4) is 0 Å². The van der Waals surface area contributed by atoms with Gasteiger partial charge in [-0.3, -0.25) is 14.9 Å². The number of nitrogens with one attached hydrogen (secondary N) is 2. The van der Waals surface area contributed by atoms with Gasteiger partial charge in [0.1, 0.15) is 23.4 Å². The van der Waals surface area contributed by atoms with Gasteiger partial charge in [-0.15, -0.1) is 0 Å². The molecule has 3 aromatic heterocycles. The molecule has 1 amide bonds. The summed E-state index contributed by atoms with van der Waals surface area (Å²) in [4.78, 5) is 24.6. The Labute approximate surface area is 178 Å². The molecule has 0 bridgehead atoms. The summed E-state index contributed by atoms with van der Waals surface area (Å²) >= 11 is 0. The molecule has 2 unspecified atom stereocenters. The first kappa shape index (κ1) is 18.9. The van der Waals surface area contributed by atoms with E-state index in [0.717, 1.165) is 54.5 Å². The van der Waals surface area contributed by atoms with Gasteiger partial charge < -0.3 is 9.88 Å². The molecule has 1 aliphatic carbocycles. The van der Waals surface area contributed by atoms with Crippen LogP contribution in [-0.4, -0.2) is 42.2 Å². The minimum atomic E-state index is 0.114. The summed E-state index contributed by atoms with van der Waals surface area (Å²) in [6, 6.07) is 12.0. The van der Waals surface area contributed by atoms with Crippen molar-refractivity contribution in [2.75, 3.05) is 0 Å². The van der Waals surface area contributed by atoms with Gasteiger partial charge in [0.15, 0.2) is 5.82 Å². The Kier molecular flexibility index (Phi) is 4.88. The number of hydrogen-bond acceptors (Lipinski definition) is 6. The number of H-pyrrole nitrogens is 1. The van der Waals surface area contributed by atoms with Crippen molar-refractivity contribution < 1.29 is 4.79 Å². The van der Waals surface area contributed by atoms with Gasteiger partial charge in [-0.2, -0.15) is 10.4 Å². The summed E-state index contributed by atoms with van der Waals surface area (Å²) in [6.07, 6.45) is 7.66. The van der Waals surface area contributed by atoms with E-state index < -0.39 is 0 Å². The lowest BCUT2D eigenvalue weighted by Gasteiger charge is -2.31. The molecule has 0 radical (unpaired) electrons. The molecule has 1 saturated carbocycles. The van der Waals surface area contributed by atoms with E-state index in [1.807, 2.05) is 24.3 Å². The number of fused-ring (bicyclic) bond motifs is 1. The lowest BCUT2D eigenvalue weighted by atomic mass is 9.90. The van der Waals surface area contributed by atoms with E-state index in [1.54, 1.807) is 12.3 Å². The highest BCUT2D eigenvalue weighted by atomic mass is 16.1. The Morgan fingerprint density at radius 3 is 2.97 bits per heavy atom. The molecule has 3 heterocycles. The first-order chi connectivity index (χ1) is 15.3. The Bertz CT molecular complexity index is 1270. The van der Waals surface area contributed by atoms with E-state index in [4.69, 9.17) is 4.98 Å². The molecule has 31 heavy (non-hydrogen) atoms. The maximum absolute atomic E-state index is 11.0. The van der Waals surface area contributed by atoms with Crippen LogP contribution in [0, 0.1) is 11.3 Å². The number of rotatable bonds is 5. The molecule has 4 aromatic rings. The van der Waals surface area contributed by atoms with Crippen LogP contribution in [-0.2, 0) is 4.79 Å². The molecule has 5 rings (SSSR count). The summed E-state index contributed by atoms with van der Waals surface area (Å²) in [6.45, 7) is 0. The van der Waals surface area contributed by atoms with E-state index in [-0.39, 0.29) is 12.1 Å². The second kappa shape index (κ2) is 7.99. The average molecular weight is 412 g/mol. The van der Waals surface area contributed by atoms with Gasteiger partial charge in [0, 0.05) is 17.6 Å². The van der Waals surface area contributed by atoms with Crippen LogP contribution in [0.2, 0.25) is 0 Å². The topological polar surface area (TPSA) is 125 Å². The number of aromatic amines is 1. The van der Waals surface area contributed by atoms with Crippen LogP contribution < -0.4 is 5.32 Å². The normalized spacial score (nSPS) is 18.5. The van der Waals surface area contributed by atoms with Crippen molar-refractivity contribution in [3.05, 3.63) is 48.4 Å². The van der Waals surface area contributed by atoms with Crippen LogP contribution in [0.1, 0.15) is 37.3 Å². The fourth-order valence-electron chi connectivity index (χ4n) is 4.44. The lowest BCUT2D eigenvalue weighted by molar-refractivity contribution is -0.110. The number of amides is 1. The quantitative estimate of drug-likeness (QED) is 0.486. The monoisotopic (exact) mass is 412 g/mol. The molecule has 2 N–H and O–H groups in total. The molecular formula is C22H20N8O. The molecule has 9 nitrogen and oxygen atoms in total. The molecular weight excluding hydrogens is 392 g/mol. The summed E-state index contributed by atoms with van der Waals surface area (Å²) in [5.74, 6) is 1.32. The van der Waals surface area contributed by atoms with Gasteiger partial charge in [-0.1, -0.05) is 12.1 Å². The van der Waals surface area contributed by atoms with Gasteiger partial charge in [0.05, 0.1) is 23.3 Å². The number of pyridine rings is 1. The second-order valence-electron chi connectivity index (χ2n) is 7.66. The second-order valence-corrected chi connectivity index (χ2v) is 7.66. The highest BCUT2D eigenvalue weighted by Crippen LogP contribution is 2.37. The first-order valence-corrected chi connectivity index (χ1v) is 10.2.